The van der Waals surface area contributed by atoms with Crippen LogP contribution in [-0.4, -0.2) is 45.8 Å². The molecule has 3 aromatic rings. The number of hydrogen-bond acceptors (Lipinski definition) is 6. The molecular weight excluding hydrogens is 423 g/mol. The van der Waals surface area contributed by atoms with Gasteiger partial charge in [0, 0.05) is 32.4 Å². The topological polar surface area (TPSA) is 79.2 Å². The summed E-state index contributed by atoms with van der Waals surface area (Å²) in [6, 6.07) is 1.55. The molecule has 32 heavy (non-hydrogen) atoms. The minimum atomic E-state index is -1.49. The summed E-state index contributed by atoms with van der Waals surface area (Å²) in [5.74, 6) is -2.93. The molecular formula is C21H22F3N7O. The van der Waals surface area contributed by atoms with E-state index in [0.29, 0.717) is 29.7 Å². The molecule has 168 valence electrons. The minimum Gasteiger partial charge on any atom is -0.350 e. The van der Waals surface area contributed by atoms with Crippen LogP contribution in [0.4, 0.5) is 30.6 Å². The third-order valence-electron chi connectivity index (χ3n) is 5.50. The fourth-order valence-corrected chi connectivity index (χ4v) is 3.66. The van der Waals surface area contributed by atoms with Gasteiger partial charge in [0.2, 0.25) is 11.9 Å². The van der Waals surface area contributed by atoms with Gasteiger partial charge in [0.15, 0.2) is 23.3 Å². The van der Waals surface area contributed by atoms with Gasteiger partial charge in [-0.05, 0) is 31.5 Å². The van der Waals surface area contributed by atoms with Crippen molar-refractivity contribution in [2.24, 2.45) is 0 Å². The molecule has 0 saturated carbocycles. The van der Waals surface area contributed by atoms with Crippen LogP contribution in [0.1, 0.15) is 23.7 Å². The highest BCUT2D eigenvalue weighted by Crippen LogP contribution is 2.35. The van der Waals surface area contributed by atoms with Crippen LogP contribution in [0.3, 0.4) is 0 Å². The van der Waals surface area contributed by atoms with E-state index in [1.807, 2.05) is 25.8 Å². The van der Waals surface area contributed by atoms with Gasteiger partial charge in [-0.2, -0.15) is 10.1 Å². The summed E-state index contributed by atoms with van der Waals surface area (Å²) in [6.07, 6.45) is 3.31. The summed E-state index contributed by atoms with van der Waals surface area (Å²) in [5, 5.41) is 7.32. The number of halogens is 3. The van der Waals surface area contributed by atoms with Crippen LogP contribution in [0.25, 0.3) is 0 Å². The molecule has 8 nitrogen and oxygen atoms in total. The first kappa shape index (κ1) is 21.6. The summed E-state index contributed by atoms with van der Waals surface area (Å²) in [5.41, 5.74) is 2.39. The lowest BCUT2D eigenvalue weighted by atomic mass is 10.1. The highest BCUT2D eigenvalue weighted by atomic mass is 19.2. The number of rotatable bonds is 5. The van der Waals surface area contributed by atoms with Crippen LogP contribution in [0.2, 0.25) is 0 Å². The molecule has 2 aromatic heterocycles. The zero-order chi connectivity index (χ0) is 23.2. The average Bonchev–Trinajstić information content (AvgIpc) is 3.19. The summed E-state index contributed by atoms with van der Waals surface area (Å²) >= 11 is 0. The highest BCUT2D eigenvalue weighted by Gasteiger charge is 2.34. The number of anilines is 3. The van der Waals surface area contributed by atoms with E-state index in [9.17, 15) is 18.0 Å². The molecule has 1 aliphatic rings. The maximum atomic E-state index is 13.4. The predicted octanol–water partition coefficient (Wildman–Crippen LogP) is 2.86. The van der Waals surface area contributed by atoms with E-state index < -0.39 is 17.5 Å². The molecule has 1 aliphatic heterocycles. The lowest BCUT2D eigenvalue weighted by molar-refractivity contribution is -0.119. The van der Waals surface area contributed by atoms with E-state index in [-0.39, 0.29) is 24.1 Å². The Bertz CT molecular complexity index is 1170. The second-order valence-electron chi connectivity index (χ2n) is 7.76. The summed E-state index contributed by atoms with van der Waals surface area (Å²) < 4.78 is 41.4. The fourth-order valence-electron chi connectivity index (χ4n) is 3.66. The summed E-state index contributed by atoms with van der Waals surface area (Å²) in [6.45, 7) is 4.09. The Balaban J connectivity index is 1.48. The lowest BCUT2D eigenvalue weighted by Crippen LogP contribution is -2.49. The molecule has 1 amide bonds. The largest absolute Gasteiger partial charge is 0.350 e. The zero-order valence-corrected chi connectivity index (χ0v) is 18.0. The molecule has 0 unspecified atom stereocenters. The fraction of sp³-hybridized carbons (Fsp3) is 0.333. The van der Waals surface area contributed by atoms with E-state index >= 15 is 0 Å². The van der Waals surface area contributed by atoms with Crippen molar-refractivity contribution in [2.75, 3.05) is 29.2 Å². The number of nitrogens with one attached hydrogen (secondary N) is 1. The van der Waals surface area contributed by atoms with Crippen LogP contribution in [0.15, 0.2) is 24.5 Å². The van der Waals surface area contributed by atoms with Crippen molar-refractivity contribution in [3.05, 3.63) is 58.8 Å². The SMILES string of the molecule is Cc1nc(NCc2cnn(Cc3cc(F)c(F)c(F)c3)c2)nc2c1N(C)C(=O)[C@H](C)N2C. The third-order valence-corrected chi connectivity index (χ3v) is 5.50. The Labute approximate surface area is 182 Å². The Hall–Kier alpha value is -3.63. The quantitative estimate of drug-likeness (QED) is 0.609. The molecule has 0 fully saturated rings. The van der Waals surface area contributed by atoms with Gasteiger partial charge < -0.3 is 15.1 Å². The van der Waals surface area contributed by atoms with Gasteiger partial charge >= 0.3 is 0 Å². The summed E-state index contributed by atoms with van der Waals surface area (Å²) in [7, 11) is 3.52. The van der Waals surface area contributed by atoms with E-state index in [2.05, 4.69) is 20.4 Å². The molecule has 0 spiro atoms. The number of likely N-dealkylation sites (N-methyl/N-ethyl adjacent to an activating group) is 2. The van der Waals surface area contributed by atoms with Gasteiger partial charge in [-0.15, -0.1) is 0 Å². The van der Waals surface area contributed by atoms with Gasteiger partial charge in [-0.3, -0.25) is 9.48 Å². The maximum Gasteiger partial charge on any atom is 0.249 e. The molecule has 0 saturated heterocycles. The second-order valence-corrected chi connectivity index (χ2v) is 7.76. The molecule has 3 heterocycles. The van der Waals surface area contributed by atoms with Gasteiger partial charge in [-0.25, -0.2) is 18.2 Å². The zero-order valence-electron chi connectivity index (χ0n) is 18.0. The number of benzene rings is 1. The van der Waals surface area contributed by atoms with Crippen LogP contribution >= 0.6 is 0 Å². The first-order chi connectivity index (χ1) is 15.2. The van der Waals surface area contributed by atoms with Crippen LogP contribution in [0.5, 0.6) is 0 Å². The second kappa shape index (κ2) is 8.13. The molecule has 0 aliphatic carbocycles. The smallest absolute Gasteiger partial charge is 0.249 e. The van der Waals surface area contributed by atoms with Crippen molar-refractivity contribution in [1.82, 2.24) is 19.7 Å². The number of nitrogens with zero attached hydrogens (tertiary/aromatic N) is 6. The standard InChI is InChI=1S/C21H22F3N7O/c1-11-18-19(29(3)12(2)20(32)30(18)4)28-21(27-11)25-7-14-8-26-31(10-14)9-13-5-15(22)17(24)16(23)6-13/h5-6,8,10,12H,7,9H2,1-4H3,(H,25,27,28)/t12-/m0/s1. The van der Waals surface area contributed by atoms with E-state index in [1.165, 1.54) is 4.68 Å². The molecule has 1 N–H and O–H groups in total. The molecule has 1 aromatic carbocycles. The van der Waals surface area contributed by atoms with Crippen molar-refractivity contribution < 1.29 is 18.0 Å². The van der Waals surface area contributed by atoms with Gasteiger partial charge in [0.05, 0.1) is 18.4 Å². The Kier molecular flexibility index (Phi) is 5.49. The lowest BCUT2D eigenvalue weighted by Gasteiger charge is -2.37. The number of aromatic nitrogens is 4. The first-order valence-corrected chi connectivity index (χ1v) is 9.93. The number of carbonyl (C=O) groups is 1. The average molecular weight is 445 g/mol. The predicted molar refractivity (Wildman–Crippen MR) is 113 cm³/mol. The Morgan fingerprint density at radius 2 is 1.78 bits per heavy atom. The van der Waals surface area contributed by atoms with Crippen molar-refractivity contribution in [1.29, 1.82) is 0 Å². The monoisotopic (exact) mass is 445 g/mol. The first-order valence-electron chi connectivity index (χ1n) is 9.93. The van der Waals surface area contributed by atoms with Crippen molar-refractivity contribution in [3.63, 3.8) is 0 Å². The van der Waals surface area contributed by atoms with Crippen LogP contribution in [0, 0.1) is 24.4 Å². The maximum absolute atomic E-state index is 13.4. The Morgan fingerprint density at radius 3 is 2.47 bits per heavy atom. The van der Waals surface area contributed by atoms with Crippen molar-refractivity contribution in [2.45, 2.75) is 33.0 Å². The van der Waals surface area contributed by atoms with E-state index in [1.54, 1.807) is 24.3 Å². The van der Waals surface area contributed by atoms with Crippen LogP contribution in [-0.2, 0) is 17.9 Å². The van der Waals surface area contributed by atoms with Crippen molar-refractivity contribution >= 4 is 23.4 Å². The highest BCUT2D eigenvalue weighted by molar-refractivity contribution is 6.04. The normalized spacial score (nSPS) is 15.8. The number of fused-ring (bicyclic) bond motifs is 1. The van der Waals surface area contributed by atoms with Gasteiger partial charge in [0.1, 0.15) is 11.7 Å². The molecule has 11 heteroatoms. The van der Waals surface area contributed by atoms with E-state index in [0.717, 1.165) is 17.7 Å². The van der Waals surface area contributed by atoms with E-state index in [4.69, 9.17) is 0 Å². The number of carbonyl (C=O) groups excluding carboxylic acids is 1. The minimum absolute atomic E-state index is 0.0271. The summed E-state index contributed by atoms with van der Waals surface area (Å²) in [4.78, 5) is 24.8. The molecule has 4 rings (SSSR count). The number of aryl methyl sites for hydroxylation is 1. The number of hydrogen-bond donors (Lipinski definition) is 1. The third kappa shape index (κ3) is 3.85. The van der Waals surface area contributed by atoms with Crippen molar-refractivity contribution in [3.8, 4) is 0 Å². The number of amides is 1. The molecule has 0 radical (unpaired) electrons. The molecule has 0 bridgehead atoms. The van der Waals surface area contributed by atoms with Gasteiger partial charge in [-0.1, -0.05) is 0 Å². The molecule has 1 atom stereocenters. The Morgan fingerprint density at radius 1 is 1.09 bits per heavy atom. The van der Waals surface area contributed by atoms with Crippen LogP contribution < -0.4 is 15.1 Å². The van der Waals surface area contributed by atoms with Gasteiger partial charge in [0.25, 0.3) is 0 Å².